The van der Waals surface area contributed by atoms with Gasteiger partial charge in [-0.3, -0.25) is 0 Å². The third kappa shape index (κ3) is 4.40. The summed E-state index contributed by atoms with van der Waals surface area (Å²) in [4.78, 5) is 2.30. The quantitative estimate of drug-likeness (QED) is 0.785. The Morgan fingerprint density at radius 3 is 2.26 bits per heavy atom. The molecule has 0 bridgehead atoms. The third-order valence-electron chi connectivity index (χ3n) is 3.41. The number of aliphatic hydroxyl groups is 1. The van der Waals surface area contributed by atoms with Gasteiger partial charge in [-0.05, 0) is 37.2 Å². The van der Waals surface area contributed by atoms with Crippen LogP contribution in [0.2, 0.25) is 0 Å². The predicted molar refractivity (Wildman–Crippen MR) is 76.9 cm³/mol. The Hall–Kier alpha value is -1.26. The first kappa shape index (κ1) is 15.8. The van der Waals surface area contributed by atoms with Crippen LogP contribution < -0.4 is 9.47 Å². The van der Waals surface area contributed by atoms with E-state index in [4.69, 9.17) is 9.47 Å². The maximum Gasteiger partial charge on any atom is 0.161 e. The molecule has 0 amide bonds. The summed E-state index contributed by atoms with van der Waals surface area (Å²) in [6, 6.07) is 5.55. The van der Waals surface area contributed by atoms with Crippen molar-refractivity contribution in [2.24, 2.45) is 0 Å². The van der Waals surface area contributed by atoms with E-state index in [1.165, 1.54) is 0 Å². The van der Waals surface area contributed by atoms with E-state index in [-0.39, 0.29) is 0 Å². The van der Waals surface area contributed by atoms with Gasteiger partial charge in [0.05, 0.1) is 20.3 Å². The molecule has 1 N–H and O–H groups in total. The fourth-order valence-corrected chi connectivity index (χ4v) is 2.07. The zero-order chi connectivity index (χ0) is 14.3. The van der Waals surface area contributed by atoms with Gasteiger partial charge in [0, 0.05) is 6.54 Å². The lowest BCUT2D eigenvalue weighted by atomic mass is 10.1. The van der Waals surface area contributed by atoms with Crippen LogP contribution in [0.5, 0.6) is 11.5 Å². The first-order valence-corrected chi connectivity index (χ1v) is 6.78. The van der Waals surface area contributed by atoms with Crippen LogP contribution in [0.1, 0.15) is 31.9 Å². The van der Waals surface area contributed by atoms with Crippen LogP contribution in [0.25, 0.3) is 0 Å². The molecule has 1 atom stereocenters. The van der Waals surface area contributed by atoms with Gasteiger partial charge < -0.3 is 19.5 Å². The highest BCUT2D eigenvalue weighted by atomic mass is 16.5. The number of hydrogen-bond acceptors (Lipinski definition) is 4. The number of benzene rings is 1. The minimum Gasteiger partial charge on any atom is -0.493 e. The van der Waals surface area contributed by atoms with E-state index in [1.54, 1.807) is 14.2 Å². The minimum absolute atomic E-state index is 0.472. The summed E-state index contributed by atoms with van der Waals surface area (Å²) in [5.41, 5.74) is 0.866. The molecule has 0 radical (unpaired) electrons. The Labute approximate surface area is 115 Å². The molecule has 1 unspecified atom stereocenters. The number of hydrogen-bond donors (Lipinski definition) is 1. The second kappa shape index (κ2) is 8.02. The first-order chi connectivity index (χ1) is 9.15. The third-order valence-corrected chi connectivity index (χ3v) is 3.41. The normalized spacial score (nSPS) is 12.5. The maximum atomic E-state index is 10.2. The van der Waals surface area contributed by atoms with Crippen molar-refractivity contribution in [2.45, 2.75) is 26.4 Å². The van der Waals surface area contributed by atoms with Crippen LogP contribution in [0.15, 0.2) is 18.2 Å². The Morgan fingerprint density at radius 2 is 1.74 bits per heavy atom. The smallest absolute Gasteiger partial charge is 0.161 e. The fraction of sp³-hybridized carbons (Fsp3) is 0.600. The van der Waals surface area contributed by atoms with E-state index in [1.807, 2.05) is 18.2 Å². The lowest BCUT2D eigenvalue weighted by Gasteiger charge is -2.20. The fourth-order valence-electron chi connectivity index (χ4n) is 2.07. The van der Waals surface area contributed by atoms with Crippen LogP contribution in [0.4, 0.5) is 0 Å². The molecule has 108 valence electrons. The van der Waals surface area contributed by atoms with Crippen LogP contribution in [0.3, 0.4) is 0 Å². The van der Waals surface area contributed by atoms with E-state index in [0.717, 1.165) is 31.6 Å². The summed E-state index contributed by atoms with van der Waals surface area (Å²) in [5.74, 6) is 1.34. The number of rotatable bonds is 8. The van der Waals surface area contributed by atoms with E-state index < -0.39 is 6.10 Å². The van der Waals surface area contributed by atoms with Crippen molar-refractivity contribution in [2.75, 3.05) is 33.9 Å². The number of methoxy groups -OCH3 is 2. The summed E-state index contributed by atoms with van der Waals surface area (Å²) in [6.07, 6.45) is 0.248. The SMILES string of the molecule is CCN(CC)CCC(O)c1ccc(OC)c(OC)c1. The summed E-state index contributed by atoms with van der Waals surface area (Å²) in [7, 11) is 3.21. The Bertz CT molecular complexity index is 378. The molecule has 4 heteroatoms. The van der Waals surface area contributed by atoms with Crippen molar-refractivity contribution >= 4 is 0 Å². The average molecular weight is 267 g/mol. The van der Waals surface area contributed by atoms with Gasteiger partial charge in [0.15, 0.2) is 11.5 Å². The molecule has 0 aromatic heterocycles. The summed E-state index contributed by atoms with van der Waals surface area (Å²) in [6.45, 7) is 7.17. The molecule has 0 spiro atoms. The minimum atomic E-state index is -0.472. The Kier molecular flexibility index (Phi) is 6.67. The molecule has 0 saturated heterocycles. The molecule has 4 nitrogen and oxygen atoms in total. The predicted octanol–water partition coefficient (Wildman–Crippen LogP) is 2.47. The molecule has 0 aliphatic heterocycles. The van der Waals surface area contributed by atoms with Crippen LogP contribution in [0, 0.1) is 0 Å². The molecule has 0 fully saturated rings. The summed E-state index contributed by atoms with van der Waals surface area (Å²) < 4.78 is 10.4. The molecule has 1 aromatic carbocycles. The highest BCUT2D eigenvalue weighted by Gasteiger charge is 2.12. The second-order valence-electron chi connectivity index (χ2n) is 4.45. The molecule has 0 saturated carbocycles. The van der Waals surface area contributed by atoms with Crippen molar-refractivity contribution in [3.63, 3.8) is 0 Å². The molecular formula is C15H25NO3. The lowest BCUT2D eigenvalue weighted by Crippen LogP contribution is -2.25. The first-order valence-electron chi connectivity index (χ1n) is 6.78. The van der Waals surface area contributed by atoms with Gasteiger partial charge in [-0.25, -0.2) is 0 Å². The standard InChI is InChI=1S/C15H25NO3/c1-5-16(6-2)10-9-13(17)12-7-8-14(18-3)15(11-12)19-4/h7-8,11,13,17H,5-6,9-10H2,1-4H3. The van der Waals surface area contributed by atoms with Gasteiger partial charge in [-0.15, -0.1) is 0 Å². The van der Waals surface area contributed by atoms with Gasteiger partial charge in [0.2, 0.25) is 0 Å². The van der Waals surface area contributed by atoms with E-state index >= 15 is 0 Å². The van der Waals surface area contributed by atoms with Gasteiger partial charge in [-0.2, -0.15) is 0 Å². The zero-order valence-electron chi connectivity index (χ0n) is 12.3. The zero-order valence-corrected chi connectivity index (χ0v) is 12.3. The van der Waals surface area contributed by atoms with Crippen molar-refractivity contribution in [3.05, 3.63) is 23.8 Å². The van der Waals surface area contributed by atoms with Crippen LogP contribution in [-0.4, -0.2) is 43.9 Å². The lowest BCUT2D eigenvalue weighted by molar-refractivity contribution is 0.145. The maximum absolute atomic E-state index is 10.2. The van der Waals surface area contributed by atoms with E-state index in [0.29, 0.717) is 11.5 Å². The summed E-state index contributed by atoms with van der Waals surface area (Å²) >= 11 is 0. The largest absolute Gasteiger partial charge is 0.493 e. The number of aliphatic hydroxyl groups excluding tert-OH is 1. The second-order valence-corrected chi connectivity index (χ2v) is 4.45. The molecule has 0 aliphatic carbocycles. The van der Waals surface area contributed by atoms with Crippen molar-refractivity contribution in [1.82, 2.24) is 4.90 Å². The molecule has 1 aromatic rings. The summed E-state index contributed by atoms with van der Waals surface area (Å²) in [5, 5.41) is 10.2. The van der Waals surface area contributed by atoms with Crippen LogP contribution >= 0.6 is 0 Å². The number of nitrogens with zero attached hydrogens (tertiary/aromatic N) is 1. The van der Waals surface area contributed by atoms with Crippen molar-refractivity contribution in [3.8, 4) is 11.5 Å². The average Bonchev–Trinajstić information content (AvgIpc) is 2.47. The number of ether oxygens (including phenoxy) is 2. The molecule has 0 aliphatic rings. The molecule has 1 rings (SSSR count). The van der Waals surface area contributed by atoms with Crippen molar-refractivity contribution in [1.29, 1.82) is 0 Å². The Balaban J connectivity index is 2.68. The van der Waals surface area contributed by atoms with Crippen LogP contribution in [-0.2, 0) is 0 Å². The van der Waals surface area contributed by atoms with Gasteiger partial charge >= 0.3 is 0 Å². The van der Waals surface area contributed by atoms with Crippen molar-refractivity contribution < 1.29 is 14.6 Å². The monoisotopic (exact) mass is 267 g/mol. The highest BCUT2D eigenvalue weighted by Crippen LogP contribution is 2.30. The molecule has 0 heterocycles. The highest BCUT2D eigenvalue weighted by molar-refractivity contribution is 5.43. The molecular weight excluding hydrogens is 242 g/mol. The molecule has 19 heavy (non-hydrogen) atoms. The Morgan fingerprint density at radius 1 is 1.11 bits per heavy atom. The van der Waals surface area contributed by atoms with Gasteiger partial charge in [0.25, 0.3) is 0 Å². The van der Waals surface area contributed by atoms with E-state index in [9.17, 15) is 5.11 Å². The topological polar surface area (TPSA) is 41.9 Å². The van der Waals surface area contributed by atoms with E-state index in [2.05, 4.69) is 18.7 Å². The van der Waals surface area contributed by atoms with Gasteiger partial charge in [0.1, 0.15) is 0 Å². The van der Waals surface area contributed by atoms with Gasteiger partial charge in [-0.1, -0.05) is 19.9 Å².